The summed E-state index contributed by atoms with van der Waals surface area (Å²) in [5.41, 5.74) is 3.83. The third kappa shape index (κ3) is 7.66. The molecule has 3 aromatic rings. The molecule has 2 atom stereocenters. The van der Waals surface area contributed by atoms with Crippen molar-refractivity contribution >= 4 is 23.3 Å². The van der Waals surface area contributed by atoms with E-state index in [1.165, 1.54) is 5.56 Å². The van der Waals surface area contributed by atoms with Gasteiger partial charge in [0, 0.05) is 24.1 Å². The molecule has 1 saturated heterocycles. The molecule has 6 heteroatoms. The highest BCUT2D eigenvalue weighted by Crippen LogP contribution is 2.25. The molecule has 0 aliphatic carbocycles. The first-order valence-electron chi connectivity index (χ1n) is 13.5. The lowest BCUT2D eigenvalue weighted by Gasteiger charge is -2.24. The molecule has 4 rings (SSSR count). The second-order valence-electron chi connectivity index (χ2n) is 9.80. The zero-order chi connectivity index (χ0) is 27.5. The van der Waals surface area contributed by atoms with Crippen molar-refractivity contribution in [1.29, 1.82) is 0 Å². The summed E-state index contributed by atoms with van der Waals surface area (Å²) < 4.78 is 0. The van der Waals surface area contributed by atoms with Crippen molar-refractivity contribution in [2.45, 2.75) is 57.2 Å². The maximum absolute atomic E-state index is 13.6. The van der Waals surface area contributed by atoms with E-state index in [4.69, 9.17) is 11.4 Å². The number of carbonyl (C=O) groups is 2. The predicted molar refractivity (Wildman–Crippen MR) is 156 cm³/mol. The highest BCUT2D eigenvalue weighted by atomic mass is 16.4. The number of para-hydroxylation sites is 1. The first-order valence-corrected chi connectivity index (χ1v) is 13.5. The summed E-state index contributed by atoms with van der Waals surface area (Å²) in [6.07, 6.45) is 9.53. The Hall–Kier alpha value is -4.21. The molecule has 1 amide bonds. The van der Waals surface area contributed by atoms with E-state index in [1.54, 1.807) is 0 Å². The Labute approximate surface area is 230 Å². The van der Waals surface area contributed by atoms with Crippen molar-refractivity contribution in [2.75, 3.05) is 11.9 Å². The molecular weight excluding hydrogens is 486 g/mol. The van der Waals surface area contributed by atoms with Gasteiger partial charge < -0.3 is 10.4 Å². The minimum atomic E-state index is -0.979. The van der Waals surface area contributed by atoms with Crippen LogP contribution in [0.15, 0.2) is 89.9 Å². The Morgan fingerprint density at radius 1 is 1.00 bits per heavy atom. The third-order valence-corrected chi connectivity index (χ3v) is 7.00. The maximum atomic E-state index is 13.6. The van der Waals surface area contributed by atoms with Crippen LogP contribution in [0.5, 0.6) is 0 Å². The van der Waals surface area contributed by atoms with Crippen molar-refractivity contribution < 1.29 is 14.7 Å². The summed E-state index contributed by atoms with van der Waals surface area (Å²) in [4.78, 5) is 32.7. The first-order chi connectivity index (χ1) is 19.1. The molecule has 1 fully saturated rings. The standard InChI is InChI=1S/C33H35N3O3/c1-2-3-4-11-21-29(33(38)39)34-31(26-17-9-6-10-18-26)27-19-12-13-20-28(27)35-32(37)30-22-14-23-36(30)24-25-15-7-5-8-16-25/h1,5-10,12-13,15-20,29-30H,3-4,11,14,21-24H2,(H,35,37)(H,38,39)/t29-,30-/m0/s1. The number of nitrogens with one attached hydrogen (secondary N) is 1. The summed E-state index contributed by atoms with van der Waals surface area (Å²) in [6.45, 7) is 1.59. The lowest BCUT2D eigenvalue weighted by Crippen LogP contribution is -2.39. The number of aliphatic carboxylic acids is 1. The van der Waals surface area contributed by atoms with E-state index in [1.807, 2.05) is 72.8 Å². The van der Waals surface area contributed by atoms with E-state index in [9.17, 15) is 14.7 Å². The van der Waals surface area contributed by atoms with Gasteiger partial charge in [-0.3, -0.25) is 14.7 Å². The van der Waals surface area contributed by atoms with Gasteiger partial charge in [0.1, 0.15) is 6.04 Å². The van der Waals surface area contributed by atoms with Crippen molar-refractivity contribution in [1.82, 2.24) is 4.90 Å². The van der Waals surface area contributed by atoms with Crippen LogP contribution in [0, 0.1) is 12.3 Å². The highest BCUT2D eigenvalue weighted by Gasteiger charge is 2.31. The van der Waals surface area contributed by atoms with Gasteiger partial charge in [0.15, 0.2) is 0 Å². The lowest BCUT2D eigenvalue weighted by molar-refractivity contribution is -0.138. The fourth-order valence-electron chi connectivity index (χ4n) is 5.00. The van der Waals surface area contributed by atoms with Gasteiger partial charge in [-0.15, -0.1) is 12.3 Å². The lowest BCUT2D eigenvalue weighted by atomic mass is 9.99. The average molecular weight is 522 g/mol. The van der Waals surface area contributed by atoms with Crippen LogP contribution in [0.25, 0.3) is 0 Å². The van der Waals surface area contributed by atoms with Crippen molar-refractivity contribution in [3.05, 3.63) is 102 Å². The molecule has 1 aliphatic heterocycles. The van der Waals surface area contributed by atoms with Crippen LogP contribution in [0.3, 0.4) is 0 Å². The molecule has 0 saturated carbocycles. The number of anilines is 1. The Morgan fingerprint density at radius 2 is 1.69 bits per heavy atom. The minimum absolute atomic E-state index is 0.0626. The molecular formula is C33H35N3O3. The monoisotopic (exact) mass is 521 g/mol. The van der Waals surface area contributed by atoms with Gasteiger partial charge in [0.2, 0.25) is 5.91 Å². The summed E-state index contributed by atoms with van der Waals surface area (Å²) in [7, 11) is 0. The molecule has 0 radical (unpaired) electrons. The molecule has 2 N–H and O–H groups in total. The van der Waals surface area contributed by atoms with E-state index >= 15 is 0 Å². The van der Waals surface area contributed by atoms with Gasteiger partial charge >= 0.3 is 5.97 Å². The van der Waals surface area contributed by atoms with E-state index in [0.29, 0.717) is 36.2 Å². The van der Waals surface area contributed by atoms with Crippen LogP contribution < -0.4 is 5.32 Å². The van der Waals surface area contributed by atoms with Gasteiger partial charge in [-0.1, -0.05) is 78.9 Å². The zero-order valence-electron chi connectivity index (χ0n) is 22.1. The van der Waals surface area contributed by atoms with E-state index in [0.717, 1.165) is 37.9 Å². The van der Waals surface area contributed by atoms with Gasteiger partial charge in [0.25, 0.3) is 0 Å². The fraction of sp³-hybridized carbons (Fsp3) is 0.303. The van der Waals surface area contributed by atoms with Gasteiger partial charge in [-0.05, 0) is 50.3 Å². The zero-order valence-corrected chi connectivity index (χ0v) is 22.1. The number of likely N-dealkylation sites (tertiary alicyclic amines) is 1. The number of rotatable bonds is 12. The van der Waals surface area contributed by atoms with Gasteiger partial charge in [-0.2, -0.15) is 0 Å². The number of carboxylic acid groups (broad SMARTS) is 1. The number of carboxylic acids is 1. The third-order valence-electron chi connectivity index (χ3n) is 7.00. The van der Waals surface area contributed by atoms with Crippen molar-refractivity contribution in [3.8, 4) is 12.3 Å². The van der Waals surface area contributed by atoms with Crippen molar-refractivity contribution in [3.63, 3.8) is 0 Å². The molecule has 39 heavy (non-hydrogen) atoms. The first kappa shape index (κ1) is 27.8. The largest absolute Gasteiger partial charge is 0.480 e. The van der Waals surface area contributed by atoms with Crippen LogP contribution in [0.4, 0.5) is 5.69 Å². The summed E-state index contributed by atoms with van der Waals surface area (Å²) in [6, 6.07) is 26.0. The summed E-state index contributed by atoms with van der Waals surface area (Å²) in [5, 5.41) is 13.1. The van der Waals surface area contributed by atoms with Crippen LogP contribution in [0.2, 0.25) is 0 Å². The number of benzene rings is 3. The van der Waals surface area contributed by atoms with Crippen molar-refractivity contribution in [2.24, 2.45) is 4.99 Å². The molecule has 0 aromatic heterocycles. The Bertz CT molecular complexity index is 1310. The quantitative estimate of drug-likeness (QED) is 0.180. The van der Waals surface area contributed by atoms with E-state index in [2.05, 4.69) is 28.3 Å². The number of terminal acetylenes is 1. The van der Waals surface area contributed by atoms with Crippen LogP contribution in [-0.2, 0) is 16.1 Å². The van der Waals surface area contributed by atoms with Crippen LogP contribution in [-0.4, -0.2) is 46.2 Å². The van der Waals surface area contributed by atoms with E-state index < -0.39 is 12.0 Å². The maximum Gasteiger partial charge on any atom is 0.328 e. The SMILES string of the molecule is C#CCCCC[C@H](N=C(c1ccccc1)c1ccccc1NC(=O)[C@@H]1CCCN1Cc1ccccc1)C(=O)O. The number of amides is 1. The second-order valence-corrected chi connectivity index (χ2v) is 9.80. The summed E-state index contributed by atoms with van der Waals surface area (Å²) >= 11 is 0. The fourth-order valence-corrected chi connectivity index (χ4v) is 5.00. The highest BCUT2D eigenvalue weighted by molar-refractivity contribution is 6.17. The Balaban J connectivity index is 1.61. The van der Waals surface area contributed by atoms with Gasteiger partial charge in [-0.25, -0.2) is 4.79 Å². The average Bonchev–Trinajstić information content (AvgIpc) is 3.42. The number of hydrogen-bond acceptors (Lipinski definition) is 4. The molecule has 0 bridgehead atoms. The molecule has 0 unspecified atom stereocenters. The molecule has 1 heterocycles. The molecule has 1 aliphatic rings. The topological polar surface area (TPSA) is 82.0 Å². The minimum Gasteiger partial charge on any atom is -0.480 e. The smallest absolute Gasteiger partial charge is 0.328 e. The predicted octanol–water partition coefficient (Wildman–Crippen LogP) is 5.77. The number of aliphatic imine (C=N–C) groups is 1. The molecule has 3 aromatic carbocycles. The van der Waals surface area contributed by atoms with Crippen LogP contribution in [0.1, 0.15) is 55.2 Å². The second kappa shape index (κ2) is 14.1. The Kier molecular flexibility index (Phi) is 10.0. The Morgan fingerprint density at radius 3 is 2.41 bits per heavy atom. The number of nitrogens with zero attached hydrogens (tertiary/aromatic N) is 2. The molecule has 0 spiro atoms. The van der Waals surface area contributed by atoms with Crippen LogP contribution >= 0.6 is 0 Å². The summed E-state index contributed by atoms with van der Waals surface area (Å²) in [5.74, 6) is 1.56. The van der Waals surface area contributed by atoms with E-state index in [-0.39, 0.29) is 11.9 Å². The number of hydrogen-bond donors (Lipinski definition) is 2. The molecule has 6 nitrogen and oxygen atoms in total. The number of carbonyl (C=O) groups excluding carboxylic acids is 1. The normalized spacial score (nSPS) is 16.4. The van der Waals surface area contributed by atoms with Gasteiger partial charge in [0.05, 0.1) is 17.4 Å². The number of unbranched alkanes of at least 4 members (excludes halogenated alkanes) is 2. The molecule has 200 valence electrons.